The number of carboxylic acid groups (broad SMARTS) is 1. The van der Waals surface area contributed by atoms with E-state index in [1.165, 1.54) is 0 Å². The number of hydrogen-bond donors (Lipinski definition) is 1. The molecular formula is C37H39ClN4O4. The fourth-order valence-corrected chi connectivity index (χ4v) is 6.95. The molecule has 1 amide bonds. The van der Waals surface area contributed by atoms with Crippen LogP contribution in [-0.4, -0.2) is 49.4 Å². The maximum atomic E-state index is 14.5. The molecule has 9 heteroatoms. The lowest BCUT2D eigenvalue weighted by atomic mass is 9.98. The van der Waals surface area contributed by atoms with Gasteiger partial charge in [0.05, 0.1) is 23.4 Å². The first-order valence-corrected chi connectivity index (χ1v) is 16.1. The smallest absolute Gasteiger partial charge is 0.335 e. The molecule has 0 unspecified atom stereocenters. The van der Waals surface area contributed by atoms with E-state index in [0.29, 0.717) is 38.4 Å². The number of nitrogens with zero attached hydrogens (tertiary/aromatic N) is 4. The number of carboxylic acids is 1. The third kappa shape index (κ3) is 5.78. The van der Waals surface area contributed by atoms with E-state index < -0.39 is 5.97 Å². The Labute approximate surface area is 274 Å². The normalized spacial score (nSPS) is 13.3. The lowest BCUT2D eigenvalue weighted by molar-refractivity contribution is 0.0696. The second-order valence-corrected chi connectivity index (χ2v) is 12.6. The van der Waals surface area contributed by atoms with Gasteiger partial charge in [-0.2, -0.15) is 5.10 Å². The van der Waals surface area contributed by atoms with Crippen molar-refractivity contribution in [3.8, 4) is 16.9 Å². The van der Waals surface area contributed by atoms with Gasteiger partial charge in [0.2, 0.25) is 0 Å². The largest absolute Gasteiger partial charge is 0.494 e. The zero-order valence-electron chi connectivity index (χ0n) is 27.0. The first kappa shape index (κ1) is 31.4. The van der Waals surface area contributed by atoms with E-state index in [1.807, 2.05) is 55.6 Å². The predicted molar refractivity (Wildman–Crippen MR) is 181 cm³/mol. The highest BCUT2D eigenvalue weighted by Gasteiger charge is 2.31. The van der Waals surface area contributed by atoms with Crippen LogP contribution < -0.4 is 4.74 Å². The number of aromatic carboxylic acids is 1. The van der Waals surface area contributed by atoms with Gasteiger partial charge in [-0.25, -0.2) is 4.79 Å². The van der Waals surface area contributed by atoms with Crippen LogP contribution in [0.5, 0.6) is 5.75 Å². The molecule has 0 atom stereocenters. The minimum atomic E-state index is -0.980. The maximum absolute atomic E-state index is 14.5. The van der Waals surface area contributed by atoms with E-state index in [-0.39, 0.29) is 11.5 Å². The van der Waals surface area contributed by atoms with Crippen LogP contribution in [0.4, 0.5) is 0 Å². The number of hydrogen-bond acceptors (Lipinski definition) is 4. The zero-order valence-corrected chi connectivity index (χ0v) is 27.7. The summed E-state index contributed by atoms with van der Waals surface area (Å²) in [6, 6.07) is 17.1. The molecule has 0 aliphatic carbocycles. The number of aryl methyl sites for hydroxylation is 6. The third-order valence-corrected chi connectivity index (χ3v) is 9.66. The van der Waals surface area contributed by atoms with Crippen molar-refractivity contribution in [2.45, 2.75) is 60.0 Å². The Morgan fingerprint density at radius 1 is 1.02 bits per heavy atom. The van der Waals surface area contributed by atoms with Gasteiger partial charge in [0.1, 0.15) is 11.4 Å². The molecule has 46 heavy (non-hydrogen) atoms. The highest BCUT2D eigenvalue weighted by Crippen LogP contribution is 2.39. The summed E-state index contributed by atoms with van der Waals surface area (Å²) in [7, 11) is 1.96. The second-order valence-electron chi connectivity index (χ2n) is 12.3. The Kier molecular flexibility index (Phi) is 8.66. The molecule has 0 fully saturated rings. The number of fused-ring (bicyclic) bond motifs is 3. The van der Waals surface area contributed by atoms with Gasteiger partial charge in [0, 0.05) is 53.9 Å². The van der Waals surface area contributed by atoms with E-state index >= 15 is 0 Å². The van der Waals surface area contributed by atoms with Gasteiger partial charge in [0.15, 0.2) is 0 Å². The number of benzene rings is 3. The number of carbonyl (C=O) groups is 2. The van der Waals surface area contributed by atoms with Crippen LogP contribution in [0.15, 0.2) is 54.6 Å². The molecule has 1 aliphatic heterocycles. The van der Waals surface area contributed by atoms with E-state index in [4.69, 9.17) is 21.4 Å². The topological polar surface area (TPSA) is 89.6 Å². The number of para-hydroxylation sites is 1. The van der Waals surface area contributed by atoms with Gasteiger partial charge >= 0.3 is 5.97 Å². The average Bonchev–Trinajstić information content (AvgIpc) is 3.41. The molecule has 0 spiro atoms. The van der Waals surface area contributed by atoms with Crippen molar-refractivity contribution >= 4 is 34.4 Å². The quantitative estimate of drug-likeness (QED) is 0.167. The SMILES string of the molecule is Cc1cc(OCCCc2c3n(c4c(-c5c(C)nn(C)c5C)cccc24)CCCN(Cc2cccc(C(=O)O)c2)C3=O)cc(C)c1Cl. The van der Waals surface area contributed by atoms with Crippen molar-refractivity contribution in [1.29, 1.82) is 0 Å². The molecule has 0 saturated heterocycles. The Morgan fingerprint density at radius 2 is 1.76 bits per heavy atom. The molecule has 0 radical (unpaired) electrons. The summed E-state index contributed by atoms with van der Waals surface area (Å²) < 4.78 is 10.3. The molecule has 0 bridgehead atoms. The predicted octanol–water partition coefficient (Wildman–Crippen LogP) is 7.68. The van der Waals surface area contributed by atoms with Crippen molar-refractivity contribution in [3.05, 3.63) is 105 Å². The van der Waals surface area contributed by atoms with Crippen LogP contribution >= 0.6 is 11.6 Å². The summed E-state index contributed by atoms with van der Waals surface area (Å²) in [6.45, 7) is 10.2. The second kappa shape index (κ2) is 12.7. The van der Waals surface area contributed by atoms with Crippen LogP contribution in [0.2, 0.25) is 5.02 Å². The van der Waals surface area contributed by atoms with Crippen LogP contribution in [0.1, 0.15) is 67.3 Å². The van der Waals surface area contributed by atoms with Gasteiger partial charge in [0.25, 0.3) is 5.91 Å². The average molecular weight is 639 g/mol. The van der Waals surface area contributed by atoms with E-state index in [1.54, 1.807) is 18.2 Å². The number of amides is 1. The Morgan fingerprint density at radius 3 is 2.46 bits per heavy atom. The van der Waals surface area contributed by atoms with Gasteiger partial charge in [-0.05, 0) is 93.5 Å². The molecule has 1 N–H and O–H groups in total. The van der Waals surface area contributed by atoms with E-state index in [9.17, 15) is 14.7 Å². The van der Waals surface area contributed by atoms with Crippen LogP contribution in [0.25, 0.3) is 22.0 Å². The van der Waals surface area contributed by atoms with Crippen molar-refractivity contribution in [2.75, 3.05) is 13.2 Å². The van der Waals surface area contributed by atoms with Gasteiger partial charge in [-0.3, -0.25) is 9.48 Å². The van der Waals surface area contributed by atoms with Crippen molar-refractivity contribution in [1.82, 2.24) is 19.2 Å². The zero-order chi connectivity index (χ0) is 32.7. The number of aromatic nitrogens is 3. The maximum Gasteiger partial charge on any atom is 0.335 e. The Hall–Kier alpha value is -4.56. The van der Waals surface area contributed by atoms with E-state index in [0.717, 1.165) is 79.3 Å². The van der Waals surface area contributed by atoms with Gasteiger partial charge in [-0.15, -0.1) is 0 Å². The minimum absolute atomic E-state index is 0.0418. The molecule has 0 saturated carbocycles. The summed E-state index contributed by atoms with van der Waals surface area (Å²) in [4.78, 5) is 28.0. The van der Waals surface area contributed by atoms with Gasteiger partial charge in [-0.1, -0.05) is 41.9 Å². The molecular weight excluding hydrogens is 600 g/mol. The highest BCUT2D eigenvalue weighted by molar-refractivity contribution is 6.32. The summed E-state index contributed by atoms with van der Waals surface area (Å²) in [5.74, 6) is -0.235. The molecule has 8 nitrogen and oxygen atoms in total. The number of carbonyl (C=O) groups excluding carboxylic acids is 1. The standard InChI is InChI=1S/C37H39ClN4O4/c1-22-18-28(19-23(2)33(22)38)46-17-8-14-30-29-12-7-13-31(32-24(3)39-40(5)25(32)4)34(29)42-16-9-15-41(36(43)35(30)42)21-26-10-6-11-27(20-26)37(44)45/h6-7,10-13,18-20H,8-9,14-17,21H2,1-5H3,(H,44,45). The molecule has 6 rings (SSSR count). The van der Waals surface area contributed by atoms with Crippen LogP contribution in [0, 0.1) is 27.7 Å². The molecule has 5 aromatic rings. The lowest BCUT2D eigenvalue weighted by Gasteiger charge is -2.21. The minimum Gasteiger partial charge on any atom is -0.494 e. The Bertz CT molecular complexity index is 1970. The summed E-state index contributed by atoms with van der Waals surface area (Å²) >= 11 is 6.37. The van der Waals surface area contributed by atoms with Crippen LogP contribution in [0.3, 0.4) is 0 Å². The monoisotopic (exact) mass is 638 g/mol. The number of ether oxygens (including phenoxy) is 1. The van der Waals surface area contributed by atoms with Crippen molar-refractivity contribution < 1.29 is 19.4 Å². The van der Waals surface area contributed by atoms with Crippen molar-refractivity contribution in [2.24, 2.45) is 7.05 Å². The highest BCUT2D eigenvalue weighted by atomic mass is 35.5. The number of rotatable bonds is 9. The summed E-state index contributed by atoms with van der Waals surface area (Å²) in [5, 5.41) is 16.0. The molecule has 3 heterocycles. The third-order valence-electron chi connectivity index (χ3n) is 9.06. The van der Waals surface area contributed by atoms with E-state index in [2.05, 4.69) is 29.7 Å². The fourth-order valence-electron chi connectivity index (χ4n) is 6.84. The summed E-state index contributed by atoms with van der Waals surface area (Å²) in [6.07, 6.45) is 2.15. The van der Waals surface area contributed by atoms with Crippen LogP contribution in [-0.2, 0) is 26.6 Å². The number of halogens is 1. The Balaban J connectivity index is 1.40. The molecule has 2 aromatic heterocycles. The summed E-state index contributed by atoms with van der Waals surface area (Å²) in [5.41, 5.74) is 9.93. The molecule has 1 aliphatic rings. The first-order chi connectivity index (χ1) is 22.0. The van der Waals surface area contributed by atoms with Gasteiger partial charge < -0.3 is 19.3 Å². The first-order valence-electron chi connectivity index (χ1n) is 15.7. The lowest BCUT2D eigenvalue weighted by Crippen LogP contribution is -2.31. The fraction of sp³-hybridized carbons (Fsp3) is 0.324. The molecule has 3 aromatic carbocycles. The van der Waals surface area contributed by atoms with Crippen molar-refractivity contribution in [3.63, 3.8) is 0 Å². The molecule has 238 valence electrons.